The predicted octanol–water partition coefficient (Wildman–Crippen LogP) is 1.40. The zero-order valence-electron chi connectivity index (χ0n) is 12.4. The van der Waals surface area contributed by atoms with Crippen molar-refractivity contribution in [2.75, 3.05) is 30.9 Å². The van der Waals surface area contributed by atoms with Gasteiger partial charge in [0.05, 0.1) is 11.4 Å². The lowest BCUT2D eigenvalue weighted by Gasteiger charge is -2.21. The summed E-state index contributed by atoms with van der Waals surface area (Å²) in [4.78, 5) is 25.1. The Morgan fingerprint density at radius 2 is 1.90 bits per heavy atom. The third-order valence-corrected chi connectivity index (χ3v) is 2.73. The van der Waals surface area contributed by atoms with Gasteiger partial charge in [0.2, 0.25) is 5.91 Å². The van der Waals surface area contributed by atoms with Gasteiger partial charge in [0, 0.05) is 20.6 Å². The van der Waals surface area contributed by atoms with Gasteiger partial charge >= 0.3 is 6.03 Å². The lowest BCUT2D eigenvalue weighted by atomic mass is 10.2. The normalized spacial score (nSPS) is 11.4. The lowest BCUT2D eigenvalue weighted by Crippen LogP contribution is -2.45. The minimum Gasteiger partial charge on any atom is -0.376 e. The molecule has 0 bridgehead atoms. The van der Waals surface area contributed by atoms with E-state index in [2.05, 4.69) is 16.0 Å². The molecule has 0 radical (unpaired) electrons. The fourth-order valence-corrected chi connectivity index (χ4v) is 1.71. The molecule has 0 aliphatic rings. The maximum atomic E-state index is 11.9. The third-order valence-electron chi connectivity index (χ3n) is 2.73. The first-order valence-electron chi connectivity index (χ1n) is 6.57. The van der Waals surface area contributed by atoms with Gasteiger partial charge < -0.3 is 15.5 Å². The van der Waals surface area contributed by atoms with E-state index in [0.29, 0.717) is 6.54 Å². The monoisotopic (exact) mass is 278 g/mol. The molecule has 6 heteroatoms. The summed E-state index contributed by atoms with van der Waals surface area (Å²) in [6.07, 6.45) is 0. The Hall–Kier alpha value is -2.24. The van der Waals surface area contributed by atoms with Gasteiger partial charge in [-0.05, 0) is 26.0 Å². The van der Waals surface area contributed by atoms with E-state index in [1.807, 2.05) is 43.3 Å². The molecule has 1 rings (SSSR count). The van der Waals surface area contributed by atoms with Crippen LogP contribution in [0.3, 0.4) is 0 Å². The second-order valence-electron chi connectivity index (χ2n) is 4.63. The van der Waals surface area contributed by atoms with Crippen LogP contribution in [0.2, 0.25) is 0 Å². The van der Waals surface area contributed by atoms with Crippen molar-refractivity contribution < 1.29 is 9.59 Å². The summed E-state index contributed by atoms with van der Waals surface area (Å²) in [7, 11) is 3.86. The van der Waals surface area contributed by atoms with Crippen LogP contribution < -0.4 is 20.9 Å². The highest BCUT2D eigenvalue weighted by Crippen LogP contribution is 2.23. The van der Waals surface area contributed by atoms with Crippen LogP contribution in [0.15, 0.2) is 24.3 Å². The molecule has 6 nitrogen and oxygen atoms in total. The van der Waals surface area contributed by atoms with Crippen molar-refractivity contribution in [3.63, 3.8) is 0 Å². The average molecular weight is 278 g/mol. The summed E-state index contributed by atoms with van der Waals surface area (Å²) >= 11 is 0. The van der Waals surface area contributed by atoms with Crippen molar-refractivity contribution in [3.8, 4) is 0 Å². The Bertz CT molecular complexity index is 474. The van der Waals surface area contributed by atoms with Crippen LogP contribution in [0.4, 0.5) is 16.2 Å². The molecule has 0 fully saturated rings. The summed E-state index contributed by atoms with van der Waals surface area (Å²) < 4.78 is 0. The van der Waals surface area contributed by atoms with Crippen LogP contribution in [0.25, 0.3) is 0 Å². The second kappa shape index (κ2) is 7.37. The van der Waals surface area contributed by atoms with E-state index in [-0.39, 0.29) is 5.91 Å². The van der Waals surface area contributed by atoms with Gasteiger partial charge in [0.15, 0.2) is 0 Å². The molecule has 0 aliphatic heterocycles. The van der Waals surface area contributed by atoms with Crippen LogP contribution in [0, 0.1) is 0 Å². The Kier molecular flexibility index (Phi) is 5.83. The van der Waals surface area contributed by atoms with Gasteiger partial charge in [-0.3, -0.25) is 10.1 Å². The first kappa shape index (κ1) is 15.8. The van der Waals surface area contributed by atoms with Crippen molar-refractivity contribution in [1.82, 2.24) is 10.6 Å². The average Bonchev–Trinajstić information content (AvgIpc) is 2.39. The molecule has 1 unspecified atom stereocenters. The van der Waals surface area contributed by atoms with E-state index in [4.69, 9.17) is 0 Å². The summed E-state index contributed by atoms with van der Waals surface area (Å²) in [6.45, 7) is 3.98. The standard InChI is InChI=1S/C14H22N4O2/c1-5-15-14(20)17-13(19)10(2)16-11-8-6-7-9-12(11)18(3)4/h6-10,16H,5H2,1-4H3,(H2,15,17,19,20). The smallest absolute Gasteiger partial charge is 0.321 e. The number of benzene rings is 1. The van der Waals surface area contributed by atoms with Gasteiger partial charge in [-0.1, -0.05) is 12.1 Å². The van der Waals surface area contributed by atoms with Gasteiger partial charge in [0.1, 0.15) is 6.04 Å². The molecule has 0 aliphatic carbocycles. The molecule has 1 aromatic rings. The lowest BCUT2D eigenvalue weighted by molar-refractivity contribution is -0.120. The van der Waals surface area contributed by atoms with E-state index in [0.717, 1.165) is 11.4 Å². The van der Waals surface area contributed by atoms with Crippen molar-refractivity contribution in [2.45, 2.75) is 19.9 Å². The van der Waals surface area contributed by atoms with Crippen molar-refractivity contribution in [2.24, 2.45) is 0 Å². The van der Waals surface area contributed by atoms with E-state index in [1.54, 1.807) is 13.8 Å². The Morgan fingerprint density at radius 3 is 2.50 bits per heavy atom. The molecule has 0 saturated carbocycles. The Labute approximate surface area is 119 Å². The highest BCUT2D eigenvalue weighted by molar-refractivity contribution is 5.98. The molecule has 110 valence electrons. The minimum atomic E-state index is -0.515. The van der Waals surface area contributed by atoms with Gasteiger partial charge in [0.25, 0.3) is 0 Å². The zero-order valence-corrected chi connectivity index (χ0v) is 12.4. The second-order valence-corrected chi connectivity index (χ2v) is 4.63. The highest BCUT2D eigenvalue weighted by atomic mass is 16.2. The summed E-state index contributed by atoms with van der Waals surface area (Å²) in [5.41, 5.74) is 1.82. The highest BCUT2D eigenvalue weighted by Gasteiger charge is 2.16. The zero-order chi connectivity index (χ0) is 15.1. The third kappa shape index (κ3) is 4.46. The van der Waals surface area contributed by atoms with Gasteiger partial charge in [-0.2, -0.15) is 0 Å². The number of carbonyl (C=O) groups is 2. The first-order chi connectivity index (χ1) is 9.45. The number of imide groups is 1. The van der Waals surface area contributed by atoms with Crippen molar-refractivity contribution >= 4 is 23.3 Å². The molecule has 3 amide bonds. The fraction of sp³-hybridized carbons (Fsp3) is 0.429. The number of hydrogen-bond acceptors (Lipinski definition) is 4. The number of nitrogens with zero attached hydrogens (tertiary/aromatic N) is 1. The quantitative estimate of drug-likeness (QED) is 0.761. The van der Waals surface area contributed by atoms with E-state index in [1.165, 1.54) is 0 Å². The topological polar surface area (TPSA) is 73.5 Å². The molecular weight excluding hydrogens is 256 g/mol. The summed E-state index contributed by atoms with van der Waals surface area (Å²) in [5, 5.41) is 7.91. The predicted molar refractivity (Wildman–Crippen MR) is 81.1 cm³/mol. The van der Waals surface area contributed by atoms with Crippen LogP contribution in [-0.4, -0.2) is 38.6 Å². The van der Waals surface area contributed by atoms with Crippen LogP contribution >= 0.6 is 0 Å². The summed E-state index contributed by atoms with van der Waals surface area (Å²) in [5.74, 6) is -0.371. The van der Waals surface area contributed by atoms with Crippen LogP contribution in [0.5, 0.6) is 0 Å². The number of amides is 3. The number of urea groups is 1. The molecular formula is C14H22N4O2. The molecule has 0 saturated heterocycles. The number of para-hydroxylation sites is 2. The molecule has 0 aromatic heterocycles. The minimum absolute atomic E-state index is 0.371. The van der Waals surface area contributed by atoms with Crippen molar-refractivity contribution in [3.05, 3.63) is 24.3 Å². The number of carbonyl (C=O) groups excluding carboxylic acids is 2. The number of rotatable bonds is 5. The largest absolute Gasteiger partial charge is 0.376 e. The molecule has 3 N–H and O–H groups in total. The first-order valence-corrected chi connectivity index (χ1v) is 6.57. The SMILES string of the molecule is CCNC(=O)NC(=O)C(C)Nc1ccccc1N(C)C. The van der Waals surface area contributed by atoms with Crippen LogP contribution in [-0.2, 0) is 4.79 Å². The fourth-order valence-electron chi connectivity index (χ4n) is 1.71. The van der Waals surface area contributed by atoms with Gasteiger partial charge in [-0.15, -0.1) is 0 Å². The molecule has 0 spiro atoms. The van der Waals surface area contributed by atoms with Crippen molar-refractivity contribution in [1.29, 1.82) is 0 Å². The number of anilines is 2. The van der Waals surface area contributed by atoms with E-state index < -0.39 is 12.1 Å². The van der Waals surface area contributed by atoms with E-state index >= 15 is 0 Å². The maximum Gasteiger partial charge on any atom is 0.321 e. The Balaban J connectivity index is 2.68. The van der Waals surface area contributed by atoms with E-state index in [9.17, 15) is 9.59 Å². The summed E-state index contributed by atoms with van der Waals surface area (Å²) in [6, 6.07) is 6.68. The number of nitrogens with one attached hydrogen (secondary N) is 3. The Morgan fingerprint density at radius 1 is 1.25 bits per heavy atom. The maximum absolute atomic E-state index is 11.9. The number of hydrogen-bond donors (Lipinski definition) is 3. The molecule has 1 aromatic carbocycles. The van der Waals surface area contributed by atoms with Gasteiger partial charge in [-0.25, -0.2) is 4.79 Å². The molecule has 0 heterocycles. The van der Waals surface area contributed by atoms with Crippen LogP contribution in [0.1, 0.15) is 13.8 Å². The molecule has 20 heavy (non-hydrogen) atoms. The molecule has 1 atom stereocenters.